The van der Waals surface area contributed by atoms with Gasteiger partial charge in [-0.05, 0) is 38.1 Å². The largest absolute Gasteiger partial charge is 0.487 e. The number of benzene rings is 2. The van der Waals surface area contributed by atoms with E-state index in [0.29, 0.717) is 0 Å². The van der Waals surface area contributed by atoms with Crippen molar-refractivity contribution in [2.75, 3.05) is 5.32 Å². The summed E-state index contributed by atoms with van der Waals surface area (Å²) < 4.78 is 79.6. The molecule has 0 saturated heterocycles. The molecule has 0 aromatic heterocycles. The van der Waals surface area contributed by atoms with Gasteiger partial charge in [0.1, 0.15) is 0 Å². The highest BCUT2D eigenvalue weighted by Crippen LogP contribution is 2.34. The Labute approximate surface area is 159 Å². The molecule has 0 aliphatic heterocycles. The van der Waals surface area contributed by atoms with Crippen LogP contribution in [0.25, 0.3) is 0 Å². The van der Waals surface area contributed by atoms with E-state index in [9.17, 15) is 26.4 Å². The number of anilines is 1. The third kappa shape index (κ3) is 5.86. The highest BCUT2D eigenvalue weighted by Gasteiger charge is 2.34. The van der Waals surface area contributed by atoms with Gasteiger partial charge in [0, 0.05) is 11.8 Å². The highest BCUT2D eigenvalue weighted by atomic mass is 32.3. The molecule has 7 nitrogen and oxygen atoms in total. The van der Waals surface area contributed by atoms with Crippen LogP contribution in [0.15, 0.2) is 42.5 Å². The van der Waals surface area contributed by atoms with Gasteiger partial charge in [-0.1, -0.05) is 12.1 Å². The number of nitrogens with one attached hydrogen (secondary N) is 1. The predicted molar refractivity (Wildman–Crippen MR) is 93.8 cm³/mol. The lowest BCUT2D eigenvalue weighted by molar-refractivity contribution is -0.137. The molecule has 1 amide bonds. The smallest absolute Gasteiger partial charge is 0.446 e. The molecule has 0 unspecified atom stereocenters. The molecule has 0 bridgehead atoms. The number of rotatable bonds is 6. The van der Waals surface area contributed by atoms with Gasteiger partial charge < -0.3 is 14.2 Å². The molecule has 2 aromatic rings. The van der Waals surface area contributed by atoms with Crippen molar-refractivity contribution >= 4 is 22.0 Å². The first-order valence-electron chi connectivity index (χ1n) is 7.82. The molecule has 0 fully saturated rings. The minimum Gasteiger partial charge on any atom is -0.487 e. The Morgan fingerprint density at radius 1 is 1.11 bits per heavy atom. The molecule has 2 rings (SSSR count). The van der Waals surface area contributed by atoms with Crippen molar-refractivity contribution in [2.45, 2.75) is 26.1 Å². The molecule has 0 atom stereocenters. The third-order valence-corrected chi connectivity index (χ3v) is 3.63. The van der Waals surface area contributed by atoms with Crippen molar-refractivity contribution in [2.24, 2.45) is 0 Å². The summed E-state index contributed by atoms with van der Waals surface area (Å²) in [5, 5.41) is 2.29. The van der Waals surface area contributed by atoms with E-state index in [1.54, 1.807) is 13.8 Å². The van der Waals surface area contributed by atoms with Crippen LogP contribution in [-0.4, -0.2) is 25.0 Å². The van der Waals surface area contributed by atoms with Crippen LogP contribution in [0.3, 0.4) is 0 Å². The van der Waals surface area contributed by atoms with Crippen LogP contribution in [0.1, 0.15) is 29.8 Å². The average Bonchev–Trinajstić information content (AvgIpc) is 2.55. The first kappa shape index (κ1) is 21.5. The van der Waals surface area contributed by atoms with Gasteiger partial charge in [0.2, 0.25) is 0 Å². The van der Waals surface area contributed by atoms with E-state index in [0.717, 1.165) is 30.3 Å². The molecular formula is C17H16F3NO6S. The highest BCUT2D eigenvalue weighted by molar-refractivity contribution is 7.81. The minimum atomic E-state index is -4.83. The summed E-state index contributed by atoms with van der Waals surface area (Å²) in [7, 11) is -4.83. The van der Waals surface area contributed by atoms with Gasteiger partial charge in [-0.3, -0.25) is 9.35 Å². The third-order valence-electron chi connectivity index (χ3n) is 3.24. The molecule has 0 aliphatic carbocycles. The van der Waals surface area contributed by atoms with Crippen LogP contribution in [-0.2, 0) is 16.6 Å². The predicted octanol–water partition coefficient (Wildman–Crippen LogP) is 3.93. The van der Waals surface area contributed by atoms with Crippen LogP contribution in [0, 0.1) is 0 Å². The van der Waals surface area contributed by atoms with Crippen LogP contribution in [0.4, 0.5) is 18.9 Å². The van der Waals surface area contributed by atoms with Crippen molar-refractivity contribution in [1.29, 1.82) is 0 Å². The van der Waals surface area contributed by atoms with Crippen LogP contribution >= 0.6 is 0 Å². The zero-order valence-corrected chi connectivity index (χ0v) is 15.5. The normalized spacial score (nSPS) is 12.0. The summed E-state index contributed by atoms with van der Waals surface area (Å²) in [6.07, 6.45) is -5.15. The monoisotopic (exact) mass is 419 g/mol. The zero-order valence-electron chi connectivity index (χ0n) is 14.6. The number of ether oxygens (including phenoxy) is 1. The number of alkyl halides is 3. The van der Waals surface area contributed by atoms with Crippen LogP contribution in [0.5, 0.6) is 11.5 Å². The van der Waals surface area contributed by atoms with Gasteiger partial charge in [-0.25, -0.2) is 0 Å². The maximum atomic E-state index is 13.1. The second kappa shape index (κ2) is 8.07. The standard InChI is InChI=1S/C17H16F3NO6S/c1-10(2)26-15-9-11(7-8-14(15)27-28(23,24)25)21-16(22)12-5-3-4-6-13(12)17(18,19)20/h3-10H,1-2H3,(H,21,22)(H,23,24,25). The Morgan fingerprint density at radius 3 is 2.32 bits per heavy atom. The lowest BCUT2D eigenvalue weighted by atomic mass is 10.1. The van der Waals surface area contributed by atoms with E-state index >= 15 is 0 Å². The number of carbonyl (C=O) groups excluding carboxylic acids is 1. The number of carbonyl (C=O) groups is 1. The Morgan fingerprint density at radius 2 is 1.75 bits per heavy atom. The Hall–Kier alpha value is -2.79. The molecule has 0 aliphatic rings. The second-order valence-electron chi connectivity index (χ2n) is 5.84. The van der Waals surface area contributed by atoms with Crippen molar-refractivity contribution < 1.29 is 39.9 Å². The fourth-order valence-corrected chi connectivity index (χ4v) is 2.61. The lowest BCUT2D eigenvalue weighted by Gasteiger charge is -2.16. The Kier molecular flexibility index (Phi) is 6.20. The fraction of sp³-hybridized carbons (Fsp3) is 0.235. The maximum Gasteiger partial charge on any atom is 0.446 e. The van der Waals surface area contributed by atoms with Gasteiger partial charge in [-0.15, -0.1) is 0 Å². The molecule has 11 heteroatoms. The van der Waals surface area contributed by atoms with E-state index < -0.39 is 39.7 Å². The topological polar surface area (TPSA) is 102 Å². The van der Waals surface area contributed by atoms with E-state index in [1.807, 2.05) is 0 Å². The van der Waals surface area contributed by atoms with Crippen molar-refractivity contribution in [1.82, 2.24) is 0 Å². The van der Waals surface area contributed by atoms with Gasteiger partial charge in [0.05, 0.1) is 17.2 Å². The zero-order chi connectivity index (χ0) is 21.1. The SMILES string of the molecule is CC(C)Oc1cc(NC(=O)c2ccccc2C(F)(F)F)ccc1OS(=O)(=O)O. The number of hydrogen-bond acceptors (Lipinski definition) is 5. The second-order valence-corrected chi connectivity index (χ2v) is 6.86. The van der Waals surface area contributed by atoms with E-state index in [2.05, 4.69) is 9.50 Å². The first-order chi connectivity index (χ1) is 12.9. The van der Waals surface area contributed by atoms with E-state index in [1.165, 1.54) is 12.1 Å². The molecule has 0 saturated carbocycles. The summed E-state index contributed by atoms with van der Waals surface area (Å²) in [6, 6.07) is 7.69. The van der Waals surface area contributed by atoms with Gasteiger partial charge in [0.15, 0.2) is 11.5 Å². The van der Waals surface area contributed by atoms with Crippen molar-refractivity contribution in [3.8, 4) is 11.5 Å². The van der Waals surface area contributed by atoms with Crippen LogP contribution in [0.2, 0.25) is 0 Å². The summed E-state index contributed by atoms with van der Waals surface area (Å²) in [4.78, 5) is 12.3. The number of halogens is 3. The molecular weight excluding hydrogens is 403 g/mol. The van der Waals surface area contributed by atoms with E-state index in [-0.39, 0.29) is 17.2 Å². The molecule has 28 heavy (non-hydrogen) atoms. The van der Waals surface area contributed by atoms with Gasteiger partial charge in [0.25, 0.3) is 5.91 Å². The molecule has 2 N–H and O–H groups in total. The summed E-state index contributed by atoms with van der Waals surface area (Å²) in [6.45, 7) is 3.25. The number of amides is 1. The van der Waals surface area contributed by atoms with Crippen molar-refractivity contribution in [3.05, 3.63) is 53.6 Å². The fourth-order valence-electron chi connectivity index (χ4n) is 2.24. The quantitative estimate of drug-likeness (QED) is 0.688. The lowest BCUT2D eigenvalue weighted by Crippen LogP contribution is -2.19. The van der Waals surface area contributed by atoms with Gasteiger partial charge in [-0.2, -0.15) is 21.6 Å². The maximum absolute atomic E-state index is 13.1. The molecule has 0 spiro atoms. The number of hydrogen-bond donors (Lipinski definition) is 2. The average molecular weight is 419 g/mol. The Bertz CT molecular complexity index is 973. The minimum absolute atomic E-state index is 0.0281. The van der Waals surface area contributed by atoms with Gasteiger partial charge >= 0.3 is 16.6 Å². The summed E-state index contributed by atoms with van der Waals surface area (Å²) >= 11 is 0. The van der Waals surface area contributed by atoms with E-state index in [4.69, 9.17) is 9.29 Å². The molecule has 2 aromatic carbocycles. The summed E-state index contributed by atoms with van der Waals surface area (Å²) in [5.41, 5.74) is -1.66. The molecule has 0 heterocycles. The first-order valence-corrected chi connectivity index (χ1v) is 9.18. The Balaban J connectivity index is 2.35. The molecule has 0 radical (unpaired) electrons. The van der Waals surface area contributed by atoms with Crippen LogP contribution < -0.4 is 14.2 Å². The summed E-state index contributed by atoms with van der Waals surface area (Å²) in [5.74, 6) is -1.52. The van der Waals surface area contributed by atoms with Crippen molar-refractivity contribution in [3.63, 3.8) is 0 Å². The molecule has 152 valence electrons.